The Morgan fingerprint density at radius 1 is 1.11 bits per heavy atom. The second kappa shape index (κ2) is 4.47. The van der Waals surface area contributed by atoms with E-state index in [1.165, 1.54) is 3.97 Å². The Labute approximate surface area is 118 Å². The van der Waals surface area contributed by atoms with Crippen molar-refractivity contribution in [1.29, 1.82) is 0 Å². The minimum atomic E-state index is -3.60. The van der Waals surface area contributed by atoms with Gasteiger partial charge >= 0.3 is 0 Å². The number of rotatable bonds is 2. The van der Waals surface area contributed by atoms with Crippen molar-refractivity contribution in [2.24, 2.45) is 0 Å². The van der Waals surface area contributed by atoms with Crippen molar-refractivity contribution < 1.29 is 8.42 Å². The zero-order chi connectivity index (χ0) is 13.5. The second-order valence-corrected chi connectivity index (χ2v) is 6.65. The van der Waals surface area contributed by atoms with Gasteiger partial charge in [-0.2, -0.15) is 0 Å². The molecule has 0 spiro atoms. The molecular weight excluding hydrogens is 328 g/mol. The maximum atomic E-state index is 12.6. The van der Waals surface area contributed by atoms with Crippen molar-refractivity contribution >= 4 is 36.9 Å². The van der Waals surface area contributed by atoms with Crippen LogP contribution in [0.3, 0.4) is 0 Å². The summed E-state index contributed by atoms with van der Waals surface area (Å²) in [6.07, 6.45) is 4.72. The second-order valence-electron chi connectivity index (χ2n) is 3.98. The minimum absolute atomic E-state index is 0.253. The molecule has 4 nitrogen and oxygen atoms in total. The third-order valence-corrected chi connectivity index (χ3v) is 5.15. The number of benzene rings is 1. The van der Waals surface area contributed by atoms with E-state index in [4.69, 9.17) is 0 Å². The molecule has 2 aromatic heterocycles. The van der Waals surface area contributed by atoms with E-state index >= 15 is 0 Å². The van der Waals surface area contributed by atoms with Crippen LogP contribution in [0, 0.1) is 0 Å². The molecule has 0 aliphatic carbocycles. The van der Waals surface area contributed by atoms with Crippen LogP contribution in [0.15, 0.2) is 64.4 Å². The maximum Gasteiger partial charge on any atom is 0.268 e. The van der Waals surface area contributed by atoms with Crippen molar-refractivity contribution in [3.63, 3.8) is 0 Å². The average Bonchev–Trinajstić information content (AvgIpc) is 2.79. The molecule has 0 radical (unpaired) electrons. The zero-order valence-corrected chi connectivity index (χ0v) is 12.1. The highest BCUT2D eigenvalue weighted by atomic mass is 79.9. The summed E-state index contributed by atoms with van der Waals surface area (Å²) in [5, 5.41) is 0.814. The molecule has 0 N–H and O–H groups in total. The molecule has 0 saturated carbocycles. The highest BCUT2D eigenvalue weighted by Crippen LogP contribution is 2.28. The third-order valence-electron chi connectivity index (χ3n) is 2.83. The minimum Gasteiger partial charge on any atom is -0.262 e. The lowest BCUT2D eigenvalue weighted by Gasteiger charge is -2.06. The smallest absolute Gasteiger partial charge is 0.262 e. The number of hydrogen-bond acceptors (Lipinski definition) is 3. The van der Waals surface area contributed by atoms with Gasteiger partial charge < -0.3 is 0 Å². The molecule has 0 fully saturated rings. The largest absolute Gasteiger partial charge is 0.268 e. The van der Waals surface area contributed by atoms with Crippen molar-refractivity contribution in [2.75, 3.05) is 0 Å². The standard InChI is InChI=1S/C13H9BrN2O2S/c14-12-9-16(13-8-15-7-6-11(12)13)19(17,18)10-4-2-1-3-5-10/h1-9H. The monoisotopic (exact) mass is 336 g/mol. The molecule has 0 unspecified atom stereocenters. The van der Waals surface area contributed by atoms with E-state index in [1.807, 2.05) is 0 Å². The van der Waals surface area contributed by atoms with Gasteiger partial charge in [0, 0.05) is 22.3 Å². The Hall–Kier alpha value is -1.66. The van der Waals surface area contributed by atoms with E-state index in [0.29, 0.717) is 5.52 Å². The summed E-state index contributed by atoms with van der Waals surface area (Å²) in [6, 6.07) is 10.1. The first-order chi connectivity index (χ1) is 9.10. The molecule has 19 heavy (non-hydrogen) atoms. The van der Waals surface area contributed by atoms with Crippen LogP contribution in [0.5, 0.6) is 0 Å². The van der Waals surface area contributed by atoms with Crippen molar-refractivity contribution in [2.45, 2.75) is 4.90 Å². The fourth-order valence-corrected chi connectivity index (χ4v) is 3.96. The van der Waals surface area contributed by atoms with Gasteiger partial charge in [-0.25, -0.2) is 12.4 Å². The van der Waals surface area contributed by atoms with Gasteiger partial charge in [0.15, 0.2) is 0 Å². The van der Waals surface area contributed by atoms with Crippen LogP contribution in [-0.4, -0.2) is 17.4 Å². The fourth-order valence-electron chi connectivity index (χ4n) is 1.91. The number of pyridine rings is 1. The quantitative estimate of drug-likeness (QED) is 0.722. The van der Waals surface area contributed by atoms with Gasteiger partial charge in [-0.15, -0.1) is 0 Å². The van der Waals surface area contributed by atoms with Gasteiger partial charge in [-0.05, 0) is 34.1 Å². The molecule has 0 aliphatic heterocycles. The molecule has 0 atom stereocenters. The highest BCUT2D eigenvalue weighted by Gasteiger charge is 2.20. The summed E-state index contributed by atoms with van der Waals surface area (Å²) in [7, 11) is -3.60. The molecule has 0 amide bonds. The van der Waals surface area contributed by atoms with E-state index in [1.54, 1.807) is 55.0 Å². The van der Waals surface area contributed by atoms with Gasteiger partial charge in [0.1, 0.15) is 0 Å². The topological polar surface area (TPSA) is 52.0 Å². The maximum absolute atomic E-state index is 12.6. The van der Waals surface area contributed by atoms with E-state index in [9.17, 15) is 8.42 Å². The number of fused-ring (bicyclic) bond motifs is 1. The van der Waals surface area contributed by atoms with Crippen molar-refractivity contribution in [1.82, 2.24) is 8.96 Å². The SMILES string of the molecule is O=S(=O)(c1ccccc1)n1cc(Br)c2ccncc21. The first-order valence-corrected chi connectivity index (χ1v) is 7.75. The molecule has 6 heteroatoms. The van der Waals surface area contributed by atoms with Crippen molar-refractivity contribution in [3.8, 4) is 0 Å². The first kappa shape index (κ1) is 12.4. The van der Waals surface area contributed by atoms with Gasteiger partial charge in [0.2, 0.25) is 0 Å². The average molecular weight is 337 g/mol. The Morgan fingerprint density at radius 2 is 1.84 bits per heavy atom. The summed E-state index contributed by atoms with van der Waals surface area (Å²) in [5.74, 6) is 0. The van der Waals surface area contributed by atoms with Gasteiger partial charge in [-0.3, -0.25) is 4.98 Å². The molecule has 0 saturated heterocycles. The zero-order valence-electron chi connectivity index (χ0n) is 9.69. The van der Waals surface area contributed by atoms with Gasteiger partial charge in [0.05, 0.1) is 16.6 Å². The lowest BCUT2D eigenvalue weighted by molar-refractivity contribution is 0.589. The van der Waals surface area contributed by atoms with E-state index in [-0.39, 0.29) is 4.90 Å². The van der Waals surface area contributed by atoms with Crippen LogP contribution >= 0.6 is 15.9 Å². The first-order valence-electron chi connectivity index (χ1n) is 5.52. The molecule has 3 aromatic rings. The predicted octanol–water partition coefficient (Wildman–Crippen LogP) is 3.04. The summed E-state index contributed by atoms with van der Waals surface area (Å²) >= 11 is 3.37. The number of aromatic nitrogens is 2. The lowest BCUT2D eigenvalue weighted by atomic mass is 10.3. The van der Waals surface area contributed by atoms with Gasteiger partial charge in [0.25, 0.3) is 10.0 Å². The van der Waals surface area contributed by atoms with E-state index in [2.05, 4.69) is 20.9 Å². The van der Waals surface area contributed by atoms with E-state index in [0.717, 1.165) is 9.86 Å². The Bertz CT molecular complexity index is 841. The van der Waals surface area contributed by atoms with Crippen LogP contribution in [0.25, 0.3) is 10.9 Å². The predicted molar refractivity (Wildman–Crippen MR) is 76.5 cm³/mol. The van der Waals surface area contributed by atoms with Crippen LogP contribution < -0.4 is 0 Å². The number of halogens is 1. The molecule has 3 rings (SSSR count). The molecule has 96 valence electrons. The van der Waals surface area contributed by atoms with Crippen LogP contribution in [-0.2, 0) is 10.0 Å². The molecular formula is C13H9BrN2O2S. The Balaban J connectivity index is 2.31. The molecule has 1 aromatic carbocycles. The molecule has 0 aliphatic rings. The normalized spacial score (nSPS) is 11.8. The van der Waals surface area contributed by atoms with Crippen LogP contribution in [0.1, 0.15) is 0 Å². The number of nitrogens with zero attached hydrogens (tertiary/aromatic N) is 2. The number of hydrogen-bond donors (Lipinski definition) is 0. The van der Waals surface area contributed by atoms with Gasteiger partial charge in [-0.1, -0.05) is 18.2 Å². The highest BCUT2D eigenvalue weighted by molar-refractivity contribution is 9.10. The fraction of sp³-hybridized carbons (Fsp3) is 0. The Kier molecular flexibility index (Phi) is 2.91. The summed E-state index contributed by atoms with van der Waals surface area (Å²) in [6.45, 7) is 0. The molecule has 2 heterocycles. The summed E-state index contributed by atoms with van der Waals surface area (Å²) in [4.78, 5) is 4.24. The summed E-state index contributed by atoms with van der Waals surface area (Å²) in [5.41, 5.74) is 0.554. The lowest BCUT2D eigenvalue weighted by Crippen LogP contribution is -2.11. The third kappa shape index (κ3) is 1.97. The van der Waals surface area contributed by atoms with Crippen LogP contribution in [0.4, 0.5) is 0 Å². The van der Waals surface area contributed by atoms with Crippen molar-refractivity contribution in [3.05, 3.63) is 59.5 Å². The molecule has 0 bridgehead atoms. The van der Waals surface area contributed by atoms with E-state index < -0.39 is 10.0 Å². The summed E-state index contributed by atoms with van der Waals surface area (Å²) < 4.78 is 27.1. The Morgan fingerprint density at radius 3 is 2.58 bits per heavy atom. The van der Waals surface area contributed by atoms with Crippen LogP contribution in [0.2, 0.25) is 0 Å².